The van der Waals surface area contributed by atoms with Gasteiger partial charge < -0.3 is 4.90 Å². The van der Waals surface area contributed by atoms with Gasteiger partial charge in [0.25, 0.3) is 5.91 Å². The molecular formula is C17H26BrNO. The van der Waals surface area contributed by atoms with E-state index in [1.54, 1.807) is 0 Å². The van der Waals surface area contributed by atoms with Crippen molar-refractivity contribution in [2.24, 2.45) is 0 Å². The molecule has 0 N–H and O–H groups in total. The zero-order chi connectivity index (χ0) is 15.2. The van der Waals surface area contributed by atoms with E-state index in [0.717, 1.165) is 35.8 Å². The van der Waals surface area contributed by atoms with Gasteiger partial charge >= 0.3 is 0 Å². The molecule has 0 fully saturated rings. The van der Waals surface area contributed by atoms with Crippen molar-refractivity contribution in [1.29, 1.82) is 0 Å². The summed E-state index contributed by atoms with van der Waals surface area (Å²) in [5.41, 5.74) is 1.95. The maximum atomic E-state index is 12.6. The predicted octanol–water partition coefficient (Wildman–Crippen LogP) is 4.62. The normalized spacial score (nSPS) is 11.4. The molecule has 0 radical (unpaired) electrons. The van der Waals surface area contributed by atoms with Crippen molar-refractivity contribution in [1.82, 2.24) is 4.90 Å². The third kappa shape index (κ3) is 4.93. The minimum absolute atomic E-state index is 0.0109. The molecule has 0 aliphatic heterocycles. The molecule has 0 heterocycles. The number of carbonyl (C=O) groups excluding carboxylic acids is 1. The van der Waals surface area contributed by atoms with Crippen molar-refractivity contribution in [3.63, 3.8) is 0 Å². The summed E-state index contributed by atoms with van der Waals surface area (Å²) >= 11 is 3.43. The van der Waals surface area contributed by atoms with Gasteiger partial charge in [0.2, 0.25) is 0 Å². The second kappa shape index (κ2) is 7.82. The van der Waals surface area contributed by atoms with Crippen LogP contribution in [0.1, 0.15) is 56.0 Å². The molecule has 20 heavy (non-hydrogen) atoms. The van der Waals surface area contributed by atoms with Gasteiger partial charge in [0.05, 0.1) is 0 Å². The number of nitrogens with zero attached hydrogens (tertiary/aromatic N) is 1. The second-order valence-corrected chi connectivity index (χ2v) is 7.06. The zero-order valence-corrected chi connectivity index (χ0v) is 14.7. The number of unbranched alkanes of at least 4 members (excludes halogenated alkanes) is 2. The summed E-state index contributed by atoms with van der Waals surface area (Å²) in [6.45, 7) is 7.27. The summed E-state index contributed by atoms with van der Waals surface area (Å²) in [4.78, 5) is 14.4. The highest BCUT2D eigenvalue weighted by Gasteiger charge is 2.22. The Kier molecular flexibility index (Phi) is 6.74. The van der Waals surface area contributed by atoms with Crippen LogP contribution in [0.3, 0.4) is 0 Å². The van der Waals surface area contributed by atoms with Gasteiger partial charge in [0, 0.05) is 24.5 Å². The molecule has 0 saturated heterocycles. The fraction of sp³-hybridized carbons (Fsp3) is 0.588. The Balaban J connectivity index is 2.77. The molecule has 1 amide bonds. The summed E-state index contributed by atoms with van der Waals surface area (Å²) in [6, 6.07) is 7.96. The molecule has 2 nitrogen and oxygen atoms in total. The summed E-state index contributed by atoms with van der Waals surface area (Å²) < 4.78 is 0. The van der Waals surface area contributed by atoms with E-state index in [0.29, 0.717) is 0 Å². The standard InChI is InChI=1S/C17H26BrNO/c1-17(2,3)15-11-7-6-10-14(15)16(20)19(4)13-9-5-8-12-18/h6-7,10-11H,5,8-9,12-13H2,1-4H3. The largest absolute Gasteiger partial charge is 0.342 e. The smallest absolute Gasteiger partial charge is 0.253 e. The van der Waals surface area contributed by atoms with E-state index in [9.17, 15) is 4.79 Å². The molecule has 3 heteroatoms. The van der Waals surface area contributed by atoms with Crippen molar-refractivity contribution in [2.45, 2.75) is 45.4 Å². The molecule has 1 aromatic rings. The van der Waals surface area contributed by atoms with Crippen LogP contribution in [0.4, 0.5) is 0 Å². The molecule has 0 saturated carbocycles. The quantitative estimate of drug-likeness (QED) is 0.546. The first-order chi connectivity index (χ1) is 9.38. The van der Waals surface area contributed by atoms with E-state index in [2.05, 4.69) is 42.8 Å². The molecule has 1 aromatic carbocycles. The fourth-order valence-electron chi connectivity index (χ4n) is 2.25. The lowest BCUT2D eigenvalue weighted by atomic mass is 9.83. The first-order valence-electron chi connectivity index (χ1n) is 7.29. The average molecular weight is 340 g/mol. The molecule has 0 aromatic heterocycles. The van der Waals surface area contributed by atoms with Crippen LogP contribution in [-0.4, -0.2) is 29.7 Å². The first kappa shape index (κ1) is 17.2. The van der Waals surface area contributed by atoms with Crippen LogP contribution >= 0.6 is 15.9 Å². The van der Waals surface area contributed by atoms with E-state index in [1.165, 1.54) is 6.42 Å². The highest BCUT2D eigenvalue weighted by Crippen LogP contribution is 2.26. The number of carbonyl (C=O) groups is 1. The third-order valence-electron chi connectivity index (χ3n) is 3.44. The van der Waals surface area contributed by atoms with E-state index in [4.69, 9.17) is 0 Å². The van der Waals surface area contributed by atoms with Gasteiger partial charge in [-0.15, -0.1) is 0 Å². The monoisotopic (exact) mass is 339 g/mol. The molecule has 0 bridgehead atoms. The Bertz CT molecular complexity index is 437. The van der Waals surface area contributed by atoms with Gasteiger partial charge in [-0.2, -0.15) is 0 Å². The van der Waals surface area contributed by atoms with Crippen LogP contribution in [0, 0.1) is 0 Å². The summed E-state index contributed by atoms with van der Waals surface area (Å²) in [7, 11) is 1.90. The van der Waals surface area contributed by atoms with E-state index in [1.807, 2.05) is 30.1 Å². The van der Waals surface area contributed by atoms with Crippen molar-refractivity contribution in [2.75, 3.05) is 18.9 Å². The highest BCUT2D eigenvalue weighted by molar-refractivity contribution is 9.09. The first-order valence-corrected chi connectivity index (χ1v) is 8.41. The van der Waals surface area contributed by atoms with Crippen molar-refractivity contribution < 1.29 is 4.79 Å². The van der Waals surface area contributed by atoms with Crippen molar-refractivity contribution >= 4 is 21.8 Å². The molecule has 0 unspecified atom stereocenters. The lowest BCUT2D eigenvalue weighted by Gasteiger charge is -2.25. The Labute approximate surface area is 131 Å². The number of rotatable bonds is 6. The van der Waals surface area contributed by atoms with E-state index >= 15 is 0 Å². The van der Waals surface area contributed by atoms with Crippen LogP contribution in [0.25, 0.3) is 0 Å². The van der Waals surface area contributed by atoms with E-state index < -0.39 is 0 Å². The van der Waals surface area contributed by atoms with Gasteiger partial charge in [0.15, 0.2) is 0 Å². The van der Waals surface area contributed by atoms with Crippen LogP contribution < -0.4 is 0 Å². The van der Waals surface area contributed by atoms with Crippen LogP contribution in [0.5, 0.6) is 0 Å². The van der Waals surface area contributed by atoms with Crippen LogP contribution in [-0.2, 0) is 5.41 Å². The fourth-order valence-corrected chi connectivity index (χ4v) is 2.65. The molecule has 0 aliphatic rings. The number of benzene rings is 1. The number of amides is 1. The Morgan fingerprint density at radius 3 is 2.40 bits per heavy atom. The maximum absolute atomic E-state index is 12.6. The van der Waals surface area contributed by atoms with Gasteiger partial charge in [-0.25, -0.2) is 0 Å². The topological polar surface area (TPSA) is 20.3 Å². The average Bonchev–Trinajstić information content (AvgIpc) is 2.41. The third-order valence-corrected chi connectivity index (χ3v) is 4.00. The van der Waals surface area contributed by atoms with Gasteiger partial charge in [-0.3, -0.25) is 4.79 Å². The highest BCUT2D eigenvalue weighted by atomic mass is 79.9. The Morgan fingerprint density at radius 2 is 1.80 bits per heavy atom. The Hall–Kier alpha value is -0.830. The zero-order valence-electron chi connectivity index (χ0n) is 13.1. The van der Waals surface area contributed by atoms with E-state index in [-0.39, 0.29) is 11.3 Å². The lowest BCUT2D eigenvalue weighted by Crippen LogP contribution is -2.30. The molecule has 0 atom stereocenters. The maximum Gasteiger partial charge on any atom is 0.253 e. The number of alkyl halides is 1. The number of hydrogen-bond acceptors (Lipinski definition) is 1. The van der Waals surface area contributed by atoms with Crippen molar-refractivity contribution in [3.8, 4) is 0 Å². The molecule has 1 rings (SSSR count). The number of halogens is 1. The van der Waals surface area contributed by atoms with Gasteiger partial charge in [0.1, 0.15) is 0 Å². The molecular weight excluding hydrogens is 314 g/mol. The van der Waals surface area contributed by atoms with Crippen LogP contribution in [0.15, 0.2) is 24.3 Å². The van der Waals surface area contributed by atoms with Crippen LogP contribution in [0.2, 0.25) is 0 Å². The lowest BCUT2D eigenvalue weighted by molar-refractivity contribution is 0.0790. The summed E-state index contributed by atoms with van der Waals surface area (Å²) in [5.74, 6) is 0.134. The molecule has 112 valence electrons. The van der Waals surface area contributed by atoms with Crippen molar-refractivity contribution in [3.05, 3.63) is 35.4 Å². The predicted molar refractivity (Wildman–Crippen MR) is 89.7 cm³/mol. The van der Waals surface area contributed by atoms with Gasteiger partial charge in [-0.05, 0) is 29.9 Å². The molecule has 0 spiro atoms. The minimum atomic E-state index is -0.0109. The summed E-state index contributed by atoms with van der Waals surface area (Å²) in [5, 5.41) is 1.04. The second-order valence-electron chi connectivity index (χ2n) is 6.27. The Morgan fingerprint density at radius 1 is 1.15 bits per heavy atom. The molecule has 0 aliphatic carbocycles. The summed E-state index contributed by atoms with van der Waals surface area (Å²) in [6.07, 6.45) is 3.38. The SMILES string of the molecule is CN(CCCCCBr)C(=O)c1ccccc1C(C)(C)C. The number of hydrogen-bond donors (Lipinski definition) is 0. The van der Waals surface area contributed by atoms with Gasteiger partial charge in [-0.1, -0.05) is 61.3 Å². The minimum Gasteiger partial charge on any atom is -0.342 e.